The Labute approximate surface area is 145 Å². The fraction of sp³-hybridized carbons (Fsp3) is 0.588. The molecule has 8 heteroatoms. The number of carbonyl (C=O) groups excluding carboxylic acids is 3. The van der Waals surface area contributed by atoms with Gasteiger partial charge in [-0.05, 0) is 18.6 Å². The Bertz CT molecular complexity index is 730. The standard InChI is InChI=1S/C17H22N4O4/c1-19-6-3-4-12(19)15(22)18-11-5-7-20-14(11)17(24)21-9-10(25-2)8-13(21)16(20)23/h3-4,6,10-11,13-14H,5,7-9H2,1-2H3,(H,18,22)/t10-,11+,13+,14+/m1/s1. The van der Waals surface area contributed by atoms with Gasteiger partial charge in [-0.25, -0.2) is 0 Å². The van der Waals surface area contributed by atoms with Crippen molar-refractivity contribution in [1.29, 1.82) is 0 Å². The number of hydrogen-bond acceptors (Lipinski definition) is 4. The van der Waals surface area contributed by atoms with Crippen LogP contribution >= 0.6 is 0 Å². The number of nitrogens with zero attached hydrogens (tertiary/aromatic N) is 3. The van der Waals surface area contributed by atoms with Crippen molar-refractivity contribution in [2.45, 2.75) is 37.1 Å². The molecular formula is C17H22N4O4. The van der Waals surface area contributed by atoms with Crippen LogP contribution in [-0.4, -0.2) is 76.5 Å². The molecule has 8 nitrogen and oxygen atoms in total. The van der Waals surface area contributed by atoms with E-state index < -0.39 is 12.1 Å². The van der Waals surface area contributed by atoms with Crippen LogP contribution < -0.4 is 5.32 Å². The number of ether oxygens (including phenoxy) is 1. The number of hydrogen-bond donors (Lipinski definition) is 1. The minimum Gasteiger partial charge on any atom is -0.380 e. The van der Waals surface area contributed by atoms with E-state index >= 15 is 0 Å². The molecule has 0 aliphatic carbocycles. The van der Waals surface area contributed by atoms with Crippen molar-refractivity contribution in [2.24, 2.45) is 7.05 Å². The molecule has 3 fully saturated rings. The van der Waals surface area contributed by atoms with Crippen molar-refractivity contribution < 1.29 is 19.1 Å². The van der Waals surface area contributed by atoms with Gasteiger partial charge < -0.3 is 24.4 Å². The minimum absolute atomic E-state index is 0.0280. The van der Waals surface area contributed by atoms with Crippen molar-refractivity contribution in [3.63, 3.8) is 0 Å². The van der Waals surface area contributed by atoms with E-state index in [2.05, 4.69) is 5.32 Å². The second kappa shape index (κ2) is 5.87. The minimum atomic E-state index is -0.608. The highest BCUT2D eigenvalue weighted by Crippen LogP contribution is 2.33. The lowest BCUT2D eigenvalue weighted by atomic mass is 10.0. The first-order chi connectivity index (χ1) is 12.0. The second-order valence-electron chi connectivity index (χ2n) is 6.95. The third kappa shape index (κ3) is 2.43. The van der Waals surface area contributed by atoms with E-state index in [0.29, 0.717) is 31.6 Å². The van der Waals surface area contributed by atoms with Crippen LogP contribution in [0.4, 0.5) is 0 Å². The van der Waals surface area contributed by atoms with Gasteiger partial charge in [-0.2, -0.15) is 0 Å². The zero-order valence-electron chi connectivity index (χ0n) is 14.3. The SMILES string of the molecule is CO[C@@H]1C[C@H]2C(=O)N3CC[C@H](NC(=O)c4cccn4C)[C@H]3C(=O)N2C1. The van der Waals surface area contributed by atoms with E-state index in [-0.39, 0.29) is 29.9 Å². The predicted octanol–water partition coefficient (Wildman–Crippen LogP) is -0.646. The van der Waals surface area contributed by atoms with Crippen molar-refractivity contribution >= 4 is 17.7 Å². The molecule has 134 valence electrons. The first-order valence-electron chi connectivity index (χ1n) is 8.57. The van der Waals surface area contributed by atoms with E-state index in [1.54, 1.807) is 46.9 Å². The molecule has 3 amide bonds. The van der Waals surface area contributed by atoms with Crippen LogP contribution in [0.5, 0.6) is 0 Å². The van der Waals surface area contributed by atoms with Crippen molar-refractivity contribution in [3.05, 3.63) is 24.0 Å². The van der Waals surface area contributed by atoms with Crippen LogP contribution in [0, 0.1) is 0 Å². The van der Waals surface area contributed by atoms with E-state index in [9.17, 15) is 14.4 Å². The Kier molecular flexibility index (Phi) is 3.79. The van der Waals surface area contributed by atoms with Gasteiger partial charge in [0, 0.05) is 39.9 Å². The average molecular weight is 346 g/mol. The molecule has 1 aromatic heterocycles. The summed E-state index contributed by atoms with van der Waals surface area (Å²) in [6.45, 7) is 0.934. The molecule has 0 bridgehead atoms. The molecule has 3 aliphatic heterocycles. The van der Waals surface area contributed by atoms with Crippen LogP contribution in [0.25, 0.3) is 0 Å². The van der Waals surface area contributed by atoms with Gasteiger partial charge in [-0.15, -0.1) is 0 Å². The summed E-state index contributed by atoms with van der Waals surface area (Å²) >= 11 is 0. The van der Waals surface area contributed by atoms with Crippen LogP contribution in [0.2, 0.25) is 0 Å². The number of methoxy groups -OCH3 is 1. The summed E-state index contributed by atoms with van der Waals surface area (Å²) in [5, 5.41) is 2.94. The van der Waals surface area contributed by atoms with Crippen molar-refractivity contribution in [3.8, 4) is 0 Å². The molecule has 25 heavy (non-hydrogen) atoms. The summed E-state index contributed by atoms with van der Waals surface area (Å²) in [5.41, 5.74) is 0.534. The molecule has 4 atom stereocenters. The molecule has 0 aromatic carbocycles. The van der Waals surface area contributed by atoms with Crippen molar-refractivity contribution in [2.75, 3.05) is 20.2 Å². The first kappa shape index (κ1) is 16.1. The summed E-state index contributed by atoms with van der Waals surface area (Å²) in [4.78, 5) is 41.5. The number of amides is 3. The normalized spacial score (nSPS) is 31.3. The van der Waals surface area contributed by atoms with Gasteiger partial charge in [0.15, 0.2) is 0 Å². The second-order valence-corrected chi connectivity index (χ2v) is 6.95. The summed E-state index contributed by atoms with van der Waals surface area (Å²) < 4.78 is 7.07. The Morgan fingerprint density at radius 2 is 2.08 bits per heavy atom. The molecule has 4 heterocycles. The van der Waals surface area contributed by atoms with Gasteiger partial charge in [0.05, 0.1) is 12.1 Å². The quantitative estimate of drug-likeness (QED) is 0.789. The third-order valence-corrected chi connectivity index (χ3v) is 5.59. The molecule has 3 saturated heterocycles. The first-order valence-corrected chi connectivity index (χ1v) is 8.57. The number of aromatic nitrogens is 1. The van der Waals surface area contributed by atoms with Gasteiger partial charge in [-0.1, -0.05) is 0 Å². The largest absolute Gasteiger partial charge is 0.380 e. The summed E-state index contributed by atoms with van der Waals surface area (Å²) in [6, 6.07) is 2.14. The number of fused-ring (bicyclic) bond motifs is 2. The van der Waals surface area contributed by atoms with Crippen molar-refractivity contribution in [1.82, 2.24) is 19.7 Å². The lowest BCUT2D eigenvalue weighted by molar-refractivity contribution is -0.157. The molecule has 3 aliphatic rings. The molecule has 0 saturated carbocycles. The van der Waals surface area contributed by atoms with Gasteiger partial charge in [-0.3, -0.25) is 14.4 Å². The predicted molar refractivity (Wildman–Crippen MR) is 87.7 cm³/mol. The average Bonchev–Trinajstić information content (AvgIpc) is 3.30. The molecule has 4 rings (SSSR count). The van der Waals surface area contributed by atoms with Gasteiger partial charge >= 0.3 is 0 Å². The Balaban J connectivity index is 1.54. The fourth-order valence-corrected chi connectivity index (χ4v) is 4.24. The van der Waals surface area contributed by atoms with Crippen LogP contribution in [0.3, 0.4) is 0 Å². The highest BCUT2D eigenvalue weighted by atomic mass is 16.5. The topological polar surface area (TPSA) is 83.9 Å². The number of carbonyl (C=O) groups is 3. The number of aryl methyl sites for hydroxylation is 1. The maximum atomic E-state index is 13.0. The number of piperazine rings is 1. The van der Waals surface area contributed by atoms with E-state index in [1.807, 2.05) is 0 Å². The van der Waals surface area contributed by atoms with Gasteiger partial charge in [0.2, 0.25) is 11.8 Å². The molecule has 1 aromatic rings. The Morgan fingerprint density at radius 1 is 1.28 bits per heavy atom. The smallest absolute Gasteiger partial charge is 0.268 e. The fourth-order valence-electron chi connectivity index (χ4n) is 4.24. The maximum absolute atomic E-state index is 13.0. The lowest BCUT2D eigenvalue weighted by Gasteiger charge is -2.40. The number of nitrogens with one attached hydrogen (secondary N) is 1. The van der Waals surface area contributed by atoms with E-state index in [0.717, 1.165) is 0 Å². The number of rotatable bonds is 3. The zero-order chi connectivity index (χ0) is 17.7. The van der Waals surface area contributed by atoms with E-state index in [1.165, 1.54) is 0 Å². The lowest BCUT2D eigenvalue weighted by Crippen LogP contribution is -2.64. The molecule has 1 N–H and O–H groups in total. The van der Waals surface area contributed by atoms with E-state index in [4.69, 9.17) is 4.74 Å². The Hall–Kier alpha value is -2.35. The molecular weight excluding hydrogens is 324 g/mol. The summed E-state index contributed by atoms with van der Waals surface area (Å²) in [5.74, 6) is -0.337. The van der Waals surface area contributed by atoms with Gasteiger partial charge in [0.25, 0.3) is 5.91 Å². The molecule has 0 radical (unpaired) electrons. The van der Waals surface area contributed by atoms with Crippen LogP contribution in [-0.2, 0) is 21.4 Å². The van der Waals surface area contributed by atoms with Gasteiger partial charge in [0.1, 0.15) is 17.8 Å². The zero-order valence-corrected chi connectivity index (χ0v) is 14.3. The monoisotopic (exact) mass is 346 g/mol. The third-order valence-electron chi connectivity index (χ3n) is 5.59. The molecule has 0 spiro atoms. The maximum Gasteiger partial charge on any atom is 0.268 e. The van der Waals surface area contributed by atoms with Crippen LogP contribution in [0.15, 0.2) is 18.3 Å². The van der Waals surface area contributed by atoms with Crippen LogP contribution in [0.1, 0.15) is 23.3 Å². The Morgan fingerprint density at radius 3 is 2.76 bits per heavy atom. The highest BCUT2D eigenvalue weighted by Gasteiger charge is 2.55. The molecule has 0 unspecified atom stereocenters. The highest BCUT2D eigenvalue weighted by molar-refractivity contribution is 5.99. The summed E-state index contributed by atoms with van der Waals surface area (Å²) in [6.07, 6.45) is 2.83. The summed E-state index contributed by atoms with van der Waals surface area (Å²) in [7, 11) is 3.40.